The molecule has 1 saturated heterocycles. The number of hydrogen-bond donors (Lipinski definition) is 1. The van der Waals surface area contributed by atoms with Gasteiger partial charge in [-0.2, -0.15) is 11.8 Å². The first-order valence-electron chi connectivity index (χ1n) is 5.31. The number of hydrogen-bond acceptors (Lipinski definition) is 3. The molecule has 5 heteroatoms. The third kappa shape index (κ3) is 3.74. The number of carbonyl (C=O) groups is 2. The smallest absolute Gasteiger partial charge is 0.318 e. The van der Waals surface area contributed by atoms with Gasteiger partial charge in [0.05, 0.1) is 6.04 Å². The number of urea groups is 1. The average Bonchev–Trinajstić information content (AvgIpc) is 2.29. The van der Waals surface area contributed by atoms with Crippen molar-refractivity contribution in [2.45, 2.75) is 26.3 Å². The zero-order chi connectivity index (χ0) is 11.3. The molecule has 1 rings (SSSR count). The SMILES string of the molecule is CCC(=O)[C@H](C)NC(=O)N1CCSCC1. The van der Waals surface area contributed by atoms with Crippen molar-refractivity contribution in [1.82, 2.24) is 10.2 Å². The molecule has 0 aromatic heterocycles. The molecule has 0 radical (unpaired) electrons. The standard InChI is InChI=1S/C10H18N2O2S/c1-3-9(13)8(2)11-10(14)12-4-6-15-7-5-12/h8H,3-7H2,1-2H3,(H,11,14)/t8-/m0/s1. The molecule has 0 aromatic carbocycles. The second kappa shape index (κ2) is 6.00. The Balaban J connectivity index is 2.36. The van der Waals surface area contributed by atoms with Crippen LogP contribution in [0.2, 0.25) is 0 Å². The summed E-state index contributed by atoms with van der Waals surface area (Å²) in [6.45, 7) is 5.11. The van der Waals surface area contributed by atoms with E-state index in [1.54, 1.807) is 11.8 Å². The lowest BCUT2D eigenvalue weighted by molar-refractivity contribution is -0.120. The fourth-order valence-corrected chi connectivity index (χ4v) is 2.33. The van der Waals surface area contributed by atoms with E-state index in [0.717, 1.165) is 24.6 Å². The topological polar surface area (TPSA) is 49.4 Å². The zero-order valence-electron chi connectivity index (χ0n) is 9.28. The van der Waals surface area contributed by atoms with Gasteiger partial charge in [0.15, 0.2) is 5.78 Å². The molecule has 1 aliphatic rings. The molecule has 15 heavy (non-hydrogen) atoms. The predicted molar refractivity (Wildman–Crippen MR) is 62.2 cm³/mol. The minimum Gasteiger partial charge on any atom is -0.328 e. The number of nitrogens with zero attached hydrogens (tertiary/aromatic N) is 1. The first-order chi connectivity index (χ1) is 7.15. The Morgan fingerprint density at radius 2 is 2.00 bits per heavy atom. The lowest BCUT2D eigenvalue weighted by atomic mass is 10.2. The van der Waals surface area contributed by atoms with Gasteiger partial charge in [-0.1, -0.05) is 6.92 Å². The summed E-state index contributed by atoms with van der Waals surface area (Å²) in [6.07, 6.45) is 0.470. The van der Waals surface area contributed by atoms with Crippen molar-refractivity contribution in [3.8, 4) is 0 Å². The number of amides is 2. The van der Waals surface area contributed by atoms with Gasteiger partial charge in [0.2, 0.25) is 0 Å². The van der Waals surface area contributed by atoms with Crippen molar-refractivity contribution < 1.29 is 9.59 Å². The Bertz CT molecular complexity index is 240. The van der Waals surface area contributed by atoms with Gasteiger partial charge in [0.1, 0.15) is 0 Å². The van der Waals surface area contributed by atoms with Gasteiger partial charge in [-0.3, -0.25) is 4.79 Å². The van der Waals surface area contributed by atoms with E-state index in [-0.39, 0.29) is 17.9 Å². The molecule has 0 aliphatic carbocycles. The Labute approximate surface area is 94.8 Å². The third-order valence-corrected chi connectivity index (χ3v) is 3.41. The number of nitrogens with one attached hydrogen (secondary N) is 1. The fraction of sp³-hybridized carbons (Fsp3) is 0.800. The summed E-state index contributed by atoms with van der Waals surface area (Å²) in [5.41, 5.74) is 0. The largest absolute Gasteiger partial charge is 0.328 e. The van der Waals surface area contributed by atoms with Crippen molar-refractivity contribution in [2.75, 3.05) is 24.6 Å². The Morgan fingerprint density at radius 1 is 1.40 bits per heavy atom. The van der Waals surface area contributed by atoms with E-state index in [4.69, 9.17) is 0 Å². The monoisotopic (exact) mass is 230 g/mol. The van der Waals surface area contributed by atoms with Crippen LogP contribution in [0.5, 0.6) is 0 Å². The van der Waals surface area contributed by atoms with E-state index in [1.807, 2.05) is 18.7 Å². The van der Waals surface area contributed by atoms with Gasteiger partial charge in [-0.25, -0.2) is 4.79 Å². The highest BCUT2D eigenvalue weighted by atomic mass is 32.2. The summed E-state index contributed by atoms with van der Waals surface area (Å²) in [4.78, 5) is 24.7. The summed E-state index contributed by atoms with van der Waals surface area (Å²) in [5.74, 6) is 2.06. The molecular formula is C10H18N2O2S. The van der Waals surface area contributed by atoms with E-state index in [1.165, 1.54) is 0 Å². The number of carbonyl (C=O) groups excluding carboxylic acids is 2. The molecule has 4 nitrogen and oxygen atoms in total. The van der Waals surface area contributed by atoms with Crippen LogP contribution in [0.4, 0.5) is 4.79 Å². The van der Waals surface area contributed by atoms with Crippen LogP contribution in [-0.2, 0) is 4.79 Å². The van der Waals surface area contributed by atoms with E-state index in [2.05, 4.69) is 5.32 Å². The molecule has 0 saturated carbocycles. The van der Waals surface area contributed by atoms with Gasteiger partial charge >= 0.3 is 6.03 Å². The molecule has 1 fully saturated rings. The van der Waals surface area contributed by atoms with E-state index in [9.17, 15) is 9.59 Å². The van der Waals surface area contributed by atoms with Crippen LogP contribution < -0.4 is 5.32 Å². The van der Waals surface area contributed by atoms with E-state index in [0.29, 0.717) is 6.42 Å². The molecule has 0 bridgehead atoms. The summed E-state index contributed by atoms with van der Waals surface area (Å²) >= 11 is 1.86. The second-order valence-electron chi connectivity index (χ2n) is 3.59. The van der Waals surface area contributed by atoms with Crippen molar-refractivity contribution in [1.29, 1.82) is 0 Å². The number of Topliss-reactive ketones (excluding diaryl/α,β-unsaturated/α-hetero) is 1. The summed E-state index contributed by atoms with van der Waals surface area (Å²) in [5, 5.41) is 2.73. The van der Waals surface area contributed by atoms with Crippen LogP contribution in [0.15, 0.2) is 0 Å². The minimum absolute atomic E-state index is 0.0785. The lowest BCUT2D eigenvalue weighted by Gasteiger charge is -2.27. The van der Waals surface area contributed by atoms with Crippen LogP contribution in [0.25, 0.3) is 0 Å². The number of rotatable bonds is 3. The maximum atomic E-state index is 11.7. The highest BCUT2D eigenvalue weighted by Crippen LogP contribution is 2.09. The Morgan fingerprint density at radius 3 is 2.53 bits per heavy atom. The molecule has 1 atom stereocenters. The average molecular weight is 230 g/mol. The lowest BCUT2D eigenvalue weighted by Crippen LogP contribution is -2.49. The third-order valence-electron chi connectivity index (χ3n) is 2.47. The normalized spacial score (nSPS) is 18.4. The quantitative estimate of drug-likeness (QED) is 0.790. The van der Waals surface area contributed by atoms with Crippen molar-refractivity contribution in [3.05, 3.63) is 0 Å². The van der Waals surface area contributed by atoms with Crippen LogP contribution in [0.3, 0.4) is 0 Å². The highest BCUT2D eigenvalue weighted by molar-refractivity contribution is 7.99. The van der Waals surface area contributed by atoms with Gasteiger partial charge in [0.25, 0.3) is 0 Å². The van der Waals surface area contributed by atoms with Crippen LogP contribution in [0.1, 0.15) is 20.3 Å². The summed E-state index contributed by atoms with van der Waals surface area (Å²) < 4.78 is 0. The zero-order valence-corrected chi connectivity index (χ0v) is 10.1. The Hall–Kier alpha value is -0.710. The first kappa shape index (κ1) is 12.4. The molecule has 2 amide bonds. The highest BCUT2D eigenvalue weighted by Gasteiger charge is 2.20. The first-order valence-corrected chi connectivity index (χ1v) is 6.46. The summed E-state index contributed by atoms with van der Waals surface area (Å²) in [6, 6.07) is -0.471. The van der Waals surface area contributed by atoms with Crippen LogP contribution in [0, 0.1) is 0 Å². The fourth-order valence-electron chi connectivity index (χ4n) is 1.43. The minimum atomic E-state index is -0.364. The van der Waals surface area contributed by atoms with Gasteiger partial charge in [0, 0.05) is 31.0 Å². The van der Waals surface area contributed by atoms with Gasteiger partial charge in [-0.05, 0) is 6.92 Å². The molecule has 0 unspecified atom stereocenters. The molecule has 0 spiro atoms. The van der Waals surface area contributed by atoms with Crippen molar-refractivity contribution in [3.63, 3.8) is 0 Å². The second-order valence-corrected chi connectivity index (χ2v) is 4.82. The van der Waals surface area contributed by atoms with Crippen LogP contribution in [-0.4, -0.2) is 47.4 Å². The maximum Gasteiger partial charge on any atom is 0.318 e. The van der Waals surface area contributed by atoms with Gasteiger partial charge < -0.3 is 10.2 Å². The predicted octanol–water partition coefficient (Wildman–Crippen LogP) is 1.11. The molecule has 1 aliphatic heterocycles. The maximum absolute atomic E-state index is 11.7. The summed E-state index contributed by atoms with van der Waals surface area (Å²) in [7, 11) is 0. The number of ketones is 1. The molecular weight excluding hydrogens is 212 g/mol. The molecule has 0 aromatic rings. The van der Waals surface area contributed by atoms with Crippen molar-refractivity contribution in [2.24, 2.45) is 0 Å². The Kier molecular flexibility index (Phi) is 4.94. The van der Waals surface area contributed by atoms with E-state index >= 15 is 0 Å². The molecule has 86 valence electrons. The molecule has 1 heterocycles. The van der Waals surface area contributed by atoms with Gasteiger partial charge in [-0.15, -0.1) is 0 Å². The van der Waals surface area contributed by atoms with E-state index < -0.39 is 0 Å². The molecule has 1 N–H and O–H groups in total. The number of thioether (sulfide) groups is 1. The van der Waals surface area contributed by atoms with Crippen molar-refractivity contribution >= 4 is 23.6 Å². The van der Waals surface area contributed by atoms with Crippen LogP contribution >= 0.6 is 11.8 Å².